The summed E-state index contributed by atoms with van der Waals surface area (Å²) in [6.45, 7) is 6.15. The smallest absolute Gasteiger partial charge is 0.252 e. The largest absolute Gasteiger partial charge is 0.490 e. The normalized spacial score (nSPS) is 19.1. The molecule has 8 heteroatoms. The van der Waals surface area contributed by atoms with Crippen molar-refractivity contribution in [2.75, 3.05) is 26.7 Å². The van der Waals surface area contributed by atoms with Gasteiger partial charge in [0.25, 0.3) is 5.91 Å². The molecule has 0 saturated carbocycles. The monoisotopic (exact) mass is 464 g/mol. The molecule has 0 radical (unpaired) electrons. The molecular weight excluding hydrogens is 432 g/mol. The number of rotatable bonds is 6. The maximum absolute atomic E-state index is 12.2. The van der Waals surface area contributed by atoms with Crippen LogP contribution in [0.3, 0.4) is 0 Å². The molecule has 4 rings (SSSR count). The number of carbonyl (C=O) groups excluding carboxylic acids is 2. The number of pyridine rings is 1. The van der Waals surface area contributed by atoms with Gasteiger partial charge in [0.15, 0.2) is 0 Å². The Morgan fingerprint density at radius 3 is 2.68 bits per heavy atom. The van der Waals surface area contributed by atoms with Gasteiger partial charge in [-0.25, -0.2) is 4.98 Å². The van der Waals surface area contributed by atoms with E-state index in [1.165, 1.54) is 0 Å². The molecule has 0 bridgehead atoms. The van der Waals surface area contributed by atoms with E-state index >= 15 is 0 Å². The Bertz CT molecular complexity index is 1140. The van der Waals surface area contributed by atoms with Crippen LogP contribution in [0, 0.1) is 17.8 Å². The Morgan fingerprint density at radius 1 is 1.26 bits per heavy atom. The molecule has 1 aromatic carbocycles. The molecule has 3 heterocycles. The Kier molecular flexibility index (Phi) is 7.23. The second-order valence-electron chi connectivity index (χ2n) is 9.36. The van der Waals surface area contributed by atoms with Crippen molar-refractivity contribution in [1.82, 2.24) is 15.2 Å². The van der Waals surface area contributed by atoms with Crippen molar-refractivity contribution in [2.24, 2.45) is 11.7 Å². The van der Waals surface area contributed by atoms with Crippen molar-refractivity contribution < 1.29 is 19.1 Å². The summed E-state index contributed by atoms with van der Waals surface area (Å²) in [6, 6.07) is 3.43. The summed E-state index contributed by atoms with van der Waals surface area (Å²) in [5.74, 6) is 7.27. The molecule has 2 amide bonds. The summed E-state index contributed by atoms with van der Waals surface area (Å²) in [7, 11) is 2.12. The lowest BCUT2D eigenvalue weighted by molar-refractivity contribution is -0.119. The number of nitrogens with zero attached hydrogens (tertiary/aromatic N) is 2. The first kappa shape index (κ1) is 23.8. The SMILES string of the molecule is CC(C)Oc1cc2c(OC[C@@H]3CCC(=O)N3)ncc(C#CC3CCN(C)CC3)c2cc1C(N)=O. The van der Waals surface area contributed by atoms with Crippen LogP contribution in [-0.4, -0.2) is 60.6 Å². The standard InChI is InChI=1S/C26H32N4O4/c1-16(2)34-23-13-21-20(12-22(23)25(27)32)18(5-4-17-8-10-30(3)11-9-17)14-28-26(21)33-15-19-6-7-24(31)29-19/h12-14,16-17,19H,6-11,15H2,1-3H3,(H2,27,32)(H,29,31)/t19-/m0/s1. The second kappa shape index (κ2) is 10.3. The van der Waals surface area contributed by atoms with Crippen LogP contribution < -0.4 is 20.5 Å². The molecule has 180 valence electrons. The van der Waals surface area contributed by atoms with E-state index in [2.05, 4.69) is 34.1 Å². The van der Waals surface area contributed by atoms with Crippen LogP contribution in [0.4, 0.5) is 0 Å². The number of amides is 2. The summed E-state index contributed by atoms with van der Waals surface area (Å²) >= 11 is 0. The van der Waals surface area contributed by atoms with E-state index in [0.717, 1.165) is 37.7 Å². The molecule has 1 aromatic heterocycles. The minimum Gasteiger partial charge on any atom is -0.490 e. The third-order valence-corrected chi connectivity index (χ3v) is 6.22. The van der Waals surface area contributed by atoms with Gasteiger partial charge in [0.05, 0.1) is 23.3 Å². The number of aromatic nitrogens is 1. The Hall–Kier alpha value is -3.31. The number of nitrogens with two attached hydrogens (primary N) is 1. The number of piperidine rings is 1. The first-order chi connectivity index (χ1) is 16.3. The van der Waals surface area contributed by atoms with Crippen LogP contribution in [0.1, 0.15) is 55.5 Å². The number of likely N-dealkylation sites (tertiary alicyclic amines) is 1. The molecule has 34 heavy (non-hydrogen) atoms. The van der Waals surface area contributed by atoms with Gasteiger partial charge in [0.2, 0.25) is 11.8 Å². The number of hydrogen-bond acceptors (Lipinski definition) is 6. The third kappa shape index (κ3) is 5.60. The van der Waals surface area contributed by atoms with Crippen LogP contribution >= 0.6 is 0 Å². The molecule has 8 nitrogen and oxygen atoms in total. The summed E-state index contributed by atoms with van der Waals surface area (Å²) < 4.78 is 11.9. The lowest BCUT2D eigenvalue weighted by atomic mass is 9.97. The molecule has 2 aromatic rings. The lowest BCUT2D eigenvalue weighted by Gasteiger charge is -2.25. The van der Waals surface area contributed by atoms with E-state index in [0.29, 0.717) is 47.1 Å². The third-order valence-electron chi connectivity index (χ3n) is 6.22. The number of hydrogen-bond donors (Lipinski definition) is 2. The van der Waals surface area contributed by atoms with Crippen molar-refractivity contribution in [1.29, 1.82) is 0 Å². The zero-order chi connectivity index (χ0) is 24.2. The predicted molar refractivity (Wildman–Crippen MR) is 130 cm³/mol. The summed E-state index contributed by atoms with van der Waals surface area (Å²) in [5, 5.41) is 4.34. The summed E-state index contributed by atoms with van der Waals surface area (Å²) in [6.07, 6.45) is 4.83. The van der Waals surface area contributed by atoms with Crippen molar-refractivity contribution in [3.63, 3.8) is 0 Å². The van der Waals surface area contributed by atoms with E-state index in [4.69, 9.17) is 15.2 Å². The number of nitrogens with one attached hydrogen (secondary N) is 1. The van der Waals surface area contributed by atoms with Gasteiger partial charge < -0.3 is 25.4 Å². The second-order valence-corrected chi connectivity index (χ2v) is 9.36. The quantitative estimate of drug-likeness (QED) is 0.636. The van der Waals surface area contributed by atoms with Crippen LogP contribution in [0.2, 0.25) is 0 Å². The minimum absolute atomic E-state index is 0.0321. The fourth-order valence-electron chi connectivity index (χ4n) is 4.32. The number of carbonyl (C=O) groups is 2. The van der Waals surface area contributed by atoms with Crippen molar-refractivity contribution in [3.05, 3.63) is 29.5 Å². The Balaban J connectivity index is 1.72. The van der Waals surface area contributed by atoms with Crippen LogP contribution in [0.15, 0.2) is 18.3 Å². The number of primary amides is 1. The molecule has 1 atom stereocenters. The molecule has 0 spiro atoms. The van der Waals surface area contributed by atoms with E-state index in [-0.39, 0.29) is 18.1 Å². The van der Waals surface area contributed by atoms with Crippen LogP contribution in [0.5, 0.6) is 11.6 Å². The highest BCUT2D eigenvalue weighted by Crippen LogP contribution is 2.33. The fourth-order valence-corrected chi connectivity index (χ4v) is 4.32. The molecule has 0 aliphatic carbocycles. The van der Waals surface area contributed by atoms with E-state index in [1.54, 1.807) is 18.3 Å². The predicted octanol–water partition coefficient (Wildman–Crippen LogP) is 2.47. The number of ether oxygens (including phenoxy) is 2. The number of fused-ring (bicyclic) bond motifs is 1. The van der Waals surface area contributed by atoms with Crippen LogP contribution in [0.25, 0.3) is 10.8 Å². The molecule has 0 unspecified atom stereocenters. The topological polar surface area (TPSA) is 107 Å². The maximum atomic E-state index is 12.2. The molecule has 2 aliphatic rings. The molecule has 2 fully saturated rings. The minimum atomic E-state index is -0.570. The lowest BCUT2D eigenvalue weighted by Crippen LogP contribution is -2.31. The average Bonchev–Trinajstić information content (AvgIpc) is 3.21. The summed E-state index contributed by atoms with van der Waals surface area (Å²) in [4.78, 5) is 30.6. The fraction of sp³-hybridized carbons (Fsp3) is 0.500. The van der Waals surface area contributed by atoms with Gasteiger partial charge in [-0.05, 0) is 65.4 Å². The first-order valence-electron chi connectivity index (χ1n) is 11.9. The highest BCUT2D eigenvalue weighted by molar-refractivity contribution is 6.03. The summed E-state index contributed by atoms with van der Waals surface area (Å²) in [5.41, 5.74) is 6.69. The number of benzene rings is 1. The van der Waals surface area contributed by atoms with E-state index < -0.39 is 5.91 Å². The molecule has 2 saturated heterocycles. The molecular formula is C26H32N4O4. The zero-order valence-electron chi connectivity index (χ0n) is 20.0. The first-order valence-corrected chi connectivity index (χ1v) is 11.9. The zero-order valence-corrected chi connectivity index (χ0v) is 20.0. The van der Waals surface area contributed by atoms with E-state index in [1.807, 2.05) is 13.8 Å². The highest BCUT2D eigenvalue weighted by atomic mass is 16.5. The van der Waals surface area contributed by atoms with Crippen molar-refractivity contribution in [3.8, 4) is 23.5 Å². The van der Waals surface area contributed by atoms with Gasteiger partial charge in [-0.1, -0.05) is 11.8 Å². The van der Waals surface area contributed by atoms with Gasteiger partial charge >= 0.3 is 0 Å². The average molecular weight is 465 g/mol. The van der Waals surface area contributed by atoms with Crippen molar-refractivity contribution in [2.45, 2.75) is 51.7 Å². The van der Waals surface area contributed by atoms with Gasteiger partial charge in [0, 0.05) is 29.3 Å². The maximum Gasteiger partial charge on any atom is 0.252 e. The molecule has 2 aliphatic heterocycles. The Morgan fingerprint density at radius 2 is 2.03 bits per heavy atom. The Labute approximate surface area is 200 Å². The van der Waals surface area contributed by atoms with Gasteiger partial charge in [-0.3, -0.25) is 9.59 Å². The molecule has 3 N–H and O–H groups in total. The highest BCUT2D eigenvalue weighted by Gasteiger charge is 2.23. The van der Waals surface area contributed by atoms with Crippen LogP contribution in [-0.2, 0) is 4.79 Å². The van der Waals surface area contributed by atoms with Gasteiger partial charge in [-0.2, -0.15) is 0 Å². The van der Waals surface area contributed by atoms with Gasteiger partial charge in [0.1, 0.15) is 12.4 Å². The van der Waals surface area contributed by atoms with E-state index in [9.17, 15) is 9.59 Å². The van der Waals surface area contributed by atoms with Gasteiger partial charge in [-0.15, -0.1) is 0 Å². The van der Waals surface area contributed by atoms with Crippen molar-refractivity contribution >= 4 is 22.6 Å².